The van der Waals surface area contributed by atoms with Gasteiger partial charge in [0.2, 0.25) is 0 Å². The summed E-state index contributed by atoms with van der Waals surface area (Å²) in [6.45, 7) is 8.76. The lowest BCUT2D eigenvalue weighted by atomic mass is 9.69. The largest absolute Gasteiger partial charge is 0.481 e. The summed E-state index contributed by atoms with van der Waals surface area (Å²) < 4.78 is 10.9. The molecule has 2 atom stereocenters. The molecule has 1 heterocycles. The predicted octanol–water partition coefficient (Wildman–Crippen LogP) is 5.87. The number of benzene rings is 1. The molecule has 0 fully saturated rings. The number of nitrogens with one attached hydrogen (secondary N) is 1. The van der Waals surface area contributed by atoms with Gasteiger partial charge in [-0.3, -0.25) is 4.79 Å². The normalized spacial score (nSPS) is 16.9. The van der Waals surface area contributed by atoms with Crippen LogP contribution < -0.4 is 10.1 Å². The smallest absolute Gasteiger partial charge is 0.341 e. The fourth-order valence-electron chi connectivity index (χ4n) is 4.13. The number of para-hydroxylation sites is 1. The molecule has 0 aliphatic heterocycles. The molecule has 6 heteroatoms. The molecule has 1 aromatic carbocycles. The Hall–Kier alpha value is -2.34. The molecule has 5 nitrogen and oxygen atoms in total. The summed E-state index contributed by atoms with van der Waals surface area (Å²) in [5.74, 6) is 0.564. The standard InChI is InChI=1S/C25H33NO4S/c1-6-19(30-17-11-9-8-10-12-17)22(27)26-23-21(24(28)29-5)18-14-13-16(15-20(18)31-23)25(3,4)7-2/h8-12,16,19H,6-7,13-15H2,1-5H3,(H,26,27)/t16-,19+/m0/s1. The second kappa shape index (κ2) is 9.86. The molecule has 0 saturated carbocycles. The third-order valence-electron chi connectivity index (χ3n) is 6.59. The molecule has 0 spiro atoms. The van der Waals surface area contributed by atoms with Gasteiger partial charge in [0.25, 0.3) is 5.91 Å². The lowest BCUT2D eigenvalue weighted by molar-refractivity contribution is -0.122. The van der Waals surface area contributed by atoms with Crippen LogP contribution in [0.1, 0.15) is 67.8 Å². The number of carbonyl (C=O) groups excluding carboxylic acids is 2. The number of ether oxygens (including phenoxy) is 2. The average molecular weight is 444 g/mol. The minimum atomic E-state index is -0.640. The summed E-state index contributed by atoms with van der Waals surface area (Å²) >= 11 is 1.51. The van der Waals surface area contributed by atoms with Crippen molar-refractivity contribution in [2.24, 2.45) is 11.3 Å². The first-order valence-corrected chi connectivity index (χ1v) is 11.9. The lowest BCUT2D eigenvalue weighted by Crippen LogP contribution is -2.32. The molecule has 31 heavy (non-hydrogen) atoms. The first kappa shape index (κ1) is 23.3. The van der Waals surface area contributed by atoms with Gasteiger partial charge in [-0.15, -0.1) is 11.3 Å². The van der Waals surface area contributed by atoms with Crippen LogP contribution in [0.3, 0.4) is 0 Å². The van der Waals surface area contributed by atoms with E-state index in [9.17, 15) is 9.59 Å². The van der Waals surface area contributed by atoms with E-state index < -0.39 is 12.1 Å². The summed E-state index contributed by atoms with van der Waals surface area (Å²) in [4.78, 5) is 26.8. The molecule has 2 aromatic rings. The Morgan fingerprint density at radius 2 is 1.94 bits per heavy atom. The van der Waals surface area contributed by atoms with Crippen LogP contribution >= 0.6 is 11.3 Å². The van der Waals surface area contributed by atoms with E-state index in [2.05, 4.69) is 26.1 Å². The molecule has 0 radical (unpaired) electrons. The van der Waals surface area contributed by atoms with E-state index in [1.54, 1.807) is 0 Å². The quantitative estimate of drug-likeness (QED) is 0.518. The van der Waals surface area contributed by atoms with E-state index in [1.165, 1.54) is 23.3 Å². The van der Waals surface area contributed by atoms with Gasteiger partial charge >= 0.3 is 5.97 Å². The van der Waals surface area contributed by atoms with E-state index in [4.69, 9.17) is 9.47 Å². The molecule has 1 aliphatic carbocycles. The second-order valence-electron chi connectivity index (χ2n) is 8.80. The molecule has 1 aromatic heterocycles. The fourth-order valence-corrected chi connectivity index (χ4v) is 5.44. The van der Waals surface area contributed by atoms with Gasteiger partial charge < -0.3 is 14.8 Å². The van der Waals surface area contributed by atoms with Crippen molar-refractivity contribution < 1.29 is 19.1 Å². The van der Waals surface area contributed by atoms with Crippen molar-refractivity contribution in [1.82, 2.24) is 0 Å². The minimum absolute atomic E-state index is 0.243. The molecule has 168 valence electrons. The topological polar surface area (TPSA) is 64.6 Å². The number of amides is 1. The maximum Gasteiger partial charge on any atom is 0.341 e. The van der Waals surface area contributed by atoms with Gasteiger partial charge in [0.05, 0.1) is 12.7 Å². The van der Waals surface area contributed by atoms with Crippen molar-refractivity contribution >= 4 is 28.2 Å². The summed E-state index contributed by atoms with van der Waals surface area (Å²) in [6.07, 6.45) is 3.79. The Balaban J connectivity index is 1.85. The van der Waals surface area contributed by atoms with Crippen LogP contribution in [0.25, 0.3) is 0 Å². The monoisotopic (exact) mass is 443 g/mol. The highest BCUT2D eigenvalue weighted by Gasteiger charge is 2.36. The average Bonchev–Trinajstić information content (AvgIpc) is 3.14. The zero-order chi connectivity index (χ0) is 22.6. The van der Waals surface area contributed by atoms with Gasteiger partial charge in [-0.1, -0.05) is 52.3 Å². The predicted molar refractivity (Wildman–Crippen MR) is 125 cm³/mol. The van der Waals surface area contributed by atoms with Crippen LogP contribution in [0.15, 0.2) is 30.3 Å². The molecule has 1 N–H and O–H groups in total. The number of fused-ring (bicyclic) bond motifs is 1. The van der Waals surface area contributed by atoms with Crippen LogP contribution in [-0.2, 0) is 22.4 Å². The van der Waals surface area contributed by atoms with Crippen molar-refractivity contribution in [3.63, 3.8) is 0 Å². The zero-order valence-corrected chi connectivity index (χ0v) is 19.9. The van der Waals surface area contributed by atoms with E-state index in [0.717, 1.165) is 31.2 Å². The first-order chi connectivity index (χ1) is 14.8. The molecule has 1 amide bonds. The fraction of sp³-hybridized carbons (Fsp3) is 0.520. The van der Waals surface area contributed by atoms with E-state index in [-0.39, 0.29) is 11.3 Å². The Kier molecular flexibility index (Phi) is 7.42. The molecule has 3 rings (SSSR count). The van der Waals surface area contributed by atoms with Gasteiger partial charge in [0.1, 0.15) is 10.8 Å². The number of rotatable bonds is 8. The van der Waals surface area contributed by atoms with Crippen LogP contribution in [0, 0.1) is 11.3 Å². The molecular formula is C25H33NO4S. The number of methoxy groups -OCH3 is 1. The zero-order valence-electron chi connectivity index (χ0n) is 19.1. The number of hydrogen-bond acceptors (Lipinski definition) is 5. The van der Waals surface area contributed by atoms with Gasteiger partial charge in [0.15, 0.2) is 6.10 Å². The van der Waals surface area contributed by atoms with Crippen LogP contribution in [0.4, 0.5) is 5.00 Å². The van der Waals surface area contributed by atoms with E-state index >= 15 is 0 Å². The van der Waals surface area contributed by atoms with Gasteiger partial charge in [-0.25, -0.2) is 4.79 Å². The Morgan fingerprint density at radius 1 is 1.23 bits per heavy atom. The molecule has 0 bridgehead atoms. The van der Waals surface area contributed by atoms with Crippen molar-refractivity contribution in [3.8, 4) is 5.75 Å². The SMILES string of the molecule is CC[C@@H](Oc1ccccc1)C(=O)Nc1sc2c(c1C(=O)OC)CC[C@H](C(C)(C)CC)C2. The summed E-state index contributed by atoms with van der Waals surface area (Å²) in [7, 11) is 1.39. The lowest BCUT2D eigenvalue weighted by Gasteiger charge is -2.36. The molecule has 0 unspecified atom stereocenters. The van der Waals surface area contributed by atoms with Crippen molar-refractivity contribution in [3.05, 3.63) is 46.3 Å². The van der Waals surface area contributed by atoms with Crippen LogP contribution in [0.5, 0.6) is 5.75 Å². The Bertz CT molecular complexity index is 919. The Morgan fingerprint density at radius 3 is 2.55 bits per heavy atom. The highest BCUT2D eigenvalue weighted by atomic mass is 32.1. The number of thiophene rings is 1. The first-order valence-electron chi connectivity index (χ1n) is 11.1. The van der Waals surface area contributed by atoms with E-state index in [0.29, 0.717) is 28.7 Å². The third-order valence-corrected chi connectivity index (χ3v) is 7.76. The second-order valence-corrected chi connectivity index (χ2v) is 9.90. The molecular weight excluding hydrogens is 410 g/mol. The Labute approximate surface area is 189 Å². The summed E-state index contributed by atoms with van der Waals surface area (Å²) in [6, 6.07) is 9.30. The molecule has 0 saturated heterocycles. The highest BCUT2D eigenvalue weighted by Crippen LogP contribution is 2.45. The highest BCUT2D eigenvalue weighted by molar-refractivity contribution is 7.17. The van der Waals surface area contributed by atoms with Gasteiger partial charge in [-0.2, -0.15) is 0 Å². The number of hydrogen-bond donors (Lipinski definition) is 1. The van der Waals surface area contributed by atoms with Crippen molar-refractivity contribution in [2.75, 3.05) is 12.4 Å². The molecule has 1 aliphatic rings. The van der Waals surface area contributed by atoms with Crippen molar-refractivity contribution in [2.45, 2.75) is 65.9 Å². The van der Waals surface area contributed by atoms with Crippen LogP contribution in [0.2, 0.25) is 0 Å². The minimum Gasteiger partial charge on any atom is -0.481 e. The third kappa shape index (κ3) is 5.12. The number of anilines is 1. The summed E-state index contributed by atoms with van der Waals surface area (Å²) in [5.41, 5.74) is 1.79. The van der Waals surface area contributed by atoms with Gasteiger partial charge in [-0.05, 0) is 54.7 Å². The number of esters is 1. The number of carbonyl (C=O) groups is 2. The van der Waals surface area contributed by atoms with Crippen LogP contribution in [-0.4, -0.2) is 25.1 Å². The van der Waals surface area contributed by atoms with Gasteiger partial charge in [0, 0.05) is 4.88 Å². The maximum atomic E-state index is 13.0. The summed E-state index contributed by atoms with van der Waals surface area (Å²) in [5, 5.41) is 3.55. The maximum absolute atomic E-state index is 13.0. The van der Waals surface area contributed by atoms with E-state index in [1.807, 2.05) is 37.3 Å². The van der Waals surface area contributed by atoms with Crippen molar-refractivity contribution in [1.29, 1.82) is 0 Å².